The molecule has 142 valence electrons. The zero-order chi connectivity index (χ0) is 19.9. The Labute approximate surface area is 164 Å². The summed E-state index contributed by atoms with van der Waals surface area (Å²) in [6, 6.07) is 25.3. The first kappa shape index (κ1) is 19.4. The highest BCUT2D eigenvalue weighted by Crippen LogP contribution is 2.37. The van der Waals surface area contributed by atoms with Crippen LogP contribution in [0.1, 0.15) is 39.7 Å². The summed E-state index contributed by atoms with van der Waals surface area (Å²) >= 11 is 0. The molecule has 4 heteroatoms. The van der Waals surface area contributed by atoms with Crippen molar-refractivity contribution in [3.63, 3.8) is 0 Å². The molecule has 0 heterocycles. The predicted octanol–water partition coefficient (Wildman–Crippen LogP) is 4.92. The lowest BCUT2D eigenvalue weighted by Gasteiger charge is -2.24. The Balaban J connectivity index is 1.96. The maximum atomic E-state index is 13.0. The first-order valence-corrected chi connectivity index (χ1v) is 9.10. The molecule has 3 rings (SSSR count). The number of aliphatic carboxylic acids is 1. The van der Waals surface area contributed by atoms with Gasteiger partial charge in [-0.25, -0.2) is 0 Å². The Morgan fingerprint density at radius 1 is 0.821 bits per heavy atom. The van der Waals surface area contributed by atoms with E-state index in [1.165, 1.54) is 0 Å². The van der Waals surface area contributed by atoms with E-state index in [1.54, 1.807) is 43.5 Å². The van der Waals surface area contributed by atoms with Crippen LogP contribution in [0.5, 0.6) is 5.75 Å². The van der Waals surface area contributed by atoms with Gasteiger partial charge in [0.15, 0.2) is 5.78 Å². The summed E-state index contributed by atoms with van der Waals surface area (Å²) in [4.78, 5) is 25.1. The molecule has 3 aromatic carbocycles. The number of benzene rings is 3. The fourth-order valence-corrected chi connectivity index (χ4v) is 3.43. The molecular formula is C24H22O4. The van der Waals surface area contributed by atoms with Gasteiger partial charge in [-0.2, -0.15) is 0 Å². The third-order valence-corrected chi connectivity index (χ3v) is 4.87. The second-order valence-corrected chi connectivity index (χ2v) is 6.60. The van der Waals surface area contributed by atoms with E-state index in [0.717, 1.165) is 5.56 Å². The number of carbonyl (C=O) groups is 2. The number of ether oxygens (including phenoxy) is 1. The summed E-state index contributed by atoms with van der Waals surface area (Å²) in [5.41, 5.74) is 2.06. The van der Waals surface area contributed by atoms with Gasteiger partial charge in [0.2, 0.25) is 0 Å². The highest BCUT2D eigenvalue weighted by Gasteiger charge is 2.32. The lowest BCUT2D eigenvalue weighted by molar-refractivity contribution is -0.139. The van der Waals surface area contributed by atoms with Gasteiger partial charge in [0.05, 0.1) is 13.0 Å². The maximum absolute atomic E-state index is 13.0. The van der Waals surface area contributed by atoms with Gasteiger partial charge in [0.25, 0.3) is 0 Å². The van der Waals surface area contributed by atoms with Crippen molar-refractivity contribution < 1.29 is 19.4 Å². The highest BCUT2D eigenvalue weighted by atomic mass is 16.5. The Morgan fingerprint density at radius 2 is 1.36 bits per heavy atom. The minimum absolute atomic E-state index is 0.0984. The number of carboxylic acid groups (broad SMARTS) is 1. The maximum Gasteiger partial charge on any atom is 0.311 e. The molecule has 3 aromatic rings. The molecule has 0 aliphatic heterocycles. The molecular weight excluding hydrogens is 352 g/mol. The normalized spacial score (nSPS) is 12.8. The van der Waals surface area contributed by atoms with Crippen molar-refractivity contribution >= 4 is 11.8 Å². The molecule has 0 aromatic heterocycles. The summed E-state index contributed by atoms with van der Waals surface area (Å²) in [5.74, 6) is -1.66. The van der Waals surface area contributed by atoms with Gasteiger partial charge in [-0.15, -0.1) is 0 Å². The van der Waals surface area contributed by atoms with E-state index in [1.807, 2.05) is 48.5 Å². The molecule has 0 bridgehead atoms. The van der Waals surface area contributed by atoms with Gasteiger partial charge in [-0.05, 0) is 35.4 Å². The zero-order valence-corrected chi connectivity index (χ0v) is 15.6. The van der Waals surface area contributed by atoms with Crippen molar-refractivity contribution in [2.45, 2.75) is 18.3 Å². The summed E-state index contributed by atoms with van der Waals surface area (Å²) in [6.07, 6.45) is 0.0994. The van der Waals surface area contributed by atoms with Crippen LogP contribution in [-0.2, 0) is 4.79 Å². The second kappa shape index (κ2) is 9.00. The van der Waals surface area contributed by atoms with Crippen LogP contribution >= 0.6 is 0 Å². The molecule has 0 saturated heterocycles. The molecule has 28 heavy (non-hydrogen) atoms. The van der Waals surface area contributed by atoms with Crippen LogP contribution in [0.4, 0.5) is 0 Å². The summed E-state index contributed by atoms with van der Waals surface area (Å²) in [5, 5.41) is 9.98. The van der Waals surface area contributed by atoms with Crippen LogP contribution in [0.25, 0.3) is 0 Å². The average molecular weight is 374 g/mol. The monoisotopic (exact) mass is 374 g/mol. The van der Waals surface area contributed by atoms with E-state index in [4.69, 9.17) is 4.74 Å². The number of Topliss-reactive ketones (excluding diaryl/α,β-unsaturated/α-hetero) is 1. The molecule has 0 saturated carbocycles. The number of ketones is 1. The largest absolute Gasteiger partial charge is 0.497 e. The smallest absolute Gasteiger partial charge is 0.311 e. The average Bonchev–Trinajstić information content (AvgIpc) is 2.74. The van der Waals surface area contributed by atoms with Crippen LogP contribution in [-0.4, -0.2) is 24.0 Å². The summed E-state index contributed by atoms with van der Waals surface area (Å²) in [6.45, 7) is 0. The van der Waals surface area contributed by atoms with Gasteiger partial charge in [0, 0.05) is 17.9 Å². The first-order chi connectivity index (χ1) is 13.6. The number of carbonyl (C=O) groups excluding carboxylic acids is 1. The van der Waals surface area contributed by atoms with Gasteiger partial charge in [-0.1, -0.05) is 60.7 Å². The molecule has 0 aliphatic rings. The third-order valence-electron chi connectivity index (χ3n) is 4.87. The Kier molecular flexibility index (Phi) is 6.22. The quantitative estimate of drug-likeness (QED) is 0.569. The van der Waals surface area contributed by atoms with Gasteiger partial charge >= 0.3 is 5.97 Å². The summed E-state index contributed by atoms with van der Waals surface area (Å²) < 4.78 is 5.14. The van der Waals surface area contributed by atoms with Gasteiger partial charge in [-0.3, -0.25) is 9.59 Å². The lowest BCUT2D eigenvalue weighted by Crippen LogP contribution is -2.22. The second-order valence-electron chi connectivity index (χ2n) is 6.60. The van der Waals surface area contributed by atoms with Crippen LogP contribution < -0.4 is 4.74 Å². The molecule has 2 atom stereocenters. The van der Waals surface area contributed by atoms with E-state index in [2.05, 4.69) is 0 Å². The number of rotatable bonds is 8. The minimum Gasteiger partial charge on any atom is -0.497 e. The van der Waals surface area contributed by atoms with Crippen molar-refractivity contribution in [1.29, 1.82) is 0 Å². The SMILES string of the molecule is COc1ccc(C(=O)CC(c2ccccc2)C(C(=O)O)c2ccccc2)cc1. The zero-order valence-electron chi connectivity index (χ0n) is 15.6. The number of hydrogen-bond donors (Lipinski definition) is 1. The van der Waals surface area contributed by atoms with Gasteiger partial charge in [0.1, 0.15) is 5.75 Å². The number of carboxylic acids is 1. The summed E-state index contributed by atoms with van der Waals surface area (Å²) in [7, 11) is 1.57. The topological polar surface area (TPSA) is 63.6 Å². The fraction of sp³-hybridized carbons (Fsp3) is 0.167. The van der Waals surface area contributed by atoms with E-state index in [0.29, 0.717) is 16.9 Å². The predicted molar refractivity (Wildman–Crippen MR) is 108 cm³/mol. The minimum atomic E-state index is -0.942. The van der Waals surface area contributed by atoms with Crippen molar-refractivity contribution in [1.82, 2.24) is 0 Å². The fourth-order valence-electron chi connectivity index (χ4n) is 3.43. The number of hydrogen-bond acceptors (Lipinski definition) is 3. The van der Waals surface area contributed by atoms with Crippen molar-refractivity contribution in [2.75, 3.05) is 7.11 Å². The number of methoxy groups -OCH3 is 1. The Morgan fingerprint density at radius 3 is 1.86 bits per heavy atom. The van der Waals surface area contributed by atoms with Crippen LogP contribution in [0.2, 0.25) is 0 Å². The molecule has 4 nitrogen and oxygen atoms in total. The molecule has 0 spiro atoms. The molecule has 0 fully saturated rings. The molecule has 0 radical (unpaired) electrons. The lowest BCUT2D eigenvalue weighted by atomic mass is 9.78. The Hall–Kier alpha value is -3.40. The van der Waals surface area contributed by atoms with Gasteiger partial charge < -0.3 is 9.84 Å². The third kappa shape index (κ3) is 4.46. The van der Waals surface area contributed by atoms with E-state index < -0.39 is 17.8 Å². The van der Waals surface area contributed by atoms with Crippen LogP contribution in [0.15, 0.2) is 84.9 Å². The first-order valence-electron chi connectivity index (χ1n) is 9.10. The molecule has 0 amide bonds. The van der Waals surface area contributed by atoms with Crippen LogP contribution in [0.3, 0.4) is 0 Å². The van der Waals surface area contributed by atoms with Crippen molar-refractivity contribution in [3.8, 4) is 5.75 Å². The van der Waals surface area contributed by atoms with E-state index in [-0.39, 0.29) is 12.2 Å². The molecule has 1 N–H and O–H groups in total. The van der Waals surface area contributed by atoms with Crippen molar-refractivity contribution in [3.05, 3.63) is 102 Å². The molecule has 0 aliphatic carbocycles. The van der Waals surface area contributed by atoms with E-state index >= 15 is 0 Å². The highest BCUT2D eigenvalue weighted by molar-refractivity contribution is 5.97. The Bertz CT molecular complexity index is 918. The standard InChI is InChI=1S/C24H22O4/c1-28-20-14-12-18(13-15-20)22(25)16-21(17-8-4-2-5-9-17)23(24(26)27)19-10-6-3-7-11-19/h2-15,21,23H,16H2,1H3,(H,26,27). The van der Waals surface area contributed by atoms with Crippen LogP contribution in [0, 0.1) is 0 Å². The van der Waals surface area contributed by atoms with Crippen molar-refractivity contribution in [2.24, 2.45) is 0 Å². The molecule has 2 unspecified atom stereocenters. The van der Waals surface area contributed by atoms with E-state index in [9.17, 15) is 14.7 Å².